The molecule has 0 radical (unpaired) electrons. The number of hydrogen-bond donors (Lipinski definition) is 3. The van der Waals surface area contributed by atoms with E-state index in [1.807, 2.05) is 30.3 Å². The second-order valence-corrected chi connectivity index (χ2v) is 4.40. The molecule has 6 nitrogen and oxygen atoms in total. The average molecular weight is 271 g/mol. The van der Waals surface area contributed by atoms with Gasteiger partial charge in [0.1, 0.15) is 5.82 Å². The summed E-state index contributed by atoms with van der Waals surface area (Å²) in [6.45, 7) is 0.667. The average Bonchev–Trinajstić information content (AvgIpc) is 2.48. The highest BCUT2D eigenvalue weighted by atomic mass is 16.1. The Morgan fingerprint density at radius 2 is 1.90 bits per heavy atom. The first-order valence-corrected chi connectivity index (χ1v) is 6.35. The summed E-state index contributed by atoms with van der Waals surface area (Å²) in [5, 5.41) is 10.7. The van der Waals surface area contributed by atoms with Crippen molar-refractivity contribution in [2.45, 2.75) is 12.5 Å². The van der Waals surface area contributed by atoms with Crippen molar-refractivity contribution < 1.29 is 4.79 Å². The lowest BCUT2D eigenvalue weighted by molar-refractivity contribution is 0.0994. The molecular weight excluding hydrogens is 254 g/mol. The van der Waals surface area contributed by atoms with Gasteiger partial charge in [-0.2, -0.15) is 0 Å². The molecule has 2 rings (SSSR count). The maximum atomic E-state index is 10.9. The summed E-state index contributed by atoms with van der Waals surface area (Å²) >= 11 is 0. The number of amides is 1. The molecule has 0 aliphatic carbocycles. The zero-order chi connectivity index (χ0) is 14.4. The minimum atomic E-state index is -0.588. The van der Waals surface area contributed by atoms with Crippen LogP contribution in [0.3, 0.4) is 0 Å². The topological polar surface area (TPSA) is 107 Å². The second-order valence-electron chi connectivity index (χ2n) is 4.40. The van der Waals surface area contributed by atoms with E-state index in [1.165, 1.54) is 6.07 Å². The highest BCUT2D eigenvalue weighted by Gasteiger charge is 2.06. The van der Waals surface area contributed by atoms with Gasteiger partial charge in [-0.25, -0.2) is 0 Å². The highest BCUT2D eigenvalue weighted by molar-refractivity contribution is 5.90. The summed E-state index contributed by atoms with van der Waals surface area (Å²) in [6.07, 6.45) is 0.767. The van der Waals surface area contributed by atoms with Crippen LogP contribution >= 0.6 is 0 Å². The molecule has 0 aliphatic rings. The van der Waals surface area contributed by atoms with Crippen molar-refractivity contribution in [2.75, 3.05) is 11.9 Å². The SMILES string of the molecule is NC(=O)c1ccc(NCCC(N)c2ccccc2)nn1. The predicted octanol–water partition coefficient (Wildman–Crippen LogP) is 1.08. The molecule has 104 valence electrons. The van der Waals surface area contributed by atoms with E-state index in [0.29, 0.717) is 12.4 Å². The standard InChI is InChI=1S/C14H17N5O/c15-11(10-4-2-1-3-5-10)8-9-17-13-7-6-12(14(16)20)18-19-13/h1-7,11H,8-9,15H2,(H2,16,20)(H,17,19). The fourth-order valence-electron chi connectivity index (χ4n) is 1.78. The molecule has 0 aliphatic heterocycles. The molecule has 0 saturated carbocycles. The van der Waals surface area contributed by atoms with Crippen LogP contribution < -0.4 is 16.8 Å². The Balaban J connectivity index is 1.82. The molecule has 1 amide bonds. The summed E-state index contributed by atoms with van der Waals surface area (Å²) in [5.41, 5.74) is 12.4. The number of nitrogens with two attached hydrogens (primary N) is 2. The zero-order valence-electron chi connectivity index (χ0n) is 11.0. The number of benzene rings is 1. The van der Waals surface area contributed by atoms with Gasteiger partial charge in [-0.1, -0.05) is 30.3 Å². The lowest BCUT2D eigenvalue weighted by Crippen LogP contribution is -2.17. The molecule has 1 heterocycles. The molecule has 0 fully saturated rings. The predicted molar refractivity (Wildman–Crippen MR) is 77.0 cm³/mol. The number of rotatable bonds is 6. The Morgan fingerprint density at radius 3 is 2.50 bits per heavy atom. The number of carbonyl (C=O) groups is 1. The number of hydrogen-bond acceptors (Lipinski definition) is 5. The van der Waals surface area contributed by atoms with Gasteiger partial charge >= 0.3 is 0 Å². The van der Waals surface area contributed by atoms with Crippen molar-refractivity contribution >= 4 is 11.7 Å². The van der Waals surface area contributed by atoms with Crippen LogP contribution in [-0.2, 0) is 0 Å². The van der Waals surface area contributed by atoms with E-state index in [1.54, 1.807) is 6.07 Å². The summed E-state index contributed by atoms with van der Waals surface area (Å²) < 4.78 is 0. The number of nitrogens with one attached hydrogen (secondary N) is 1. The van der Waals surface area contributed by atoms with E-state index >= 15 is 0 Å². The fraction of sp³-hybridized carbons (Fsp3) is 0.214. The first kappa shape index (κ1) is 14.0. The number of carbonyl (C=O) groups excluding carboxylic acids is 1. The Kier molecular flexibility index (Phi) is 4.62. The van der Waals surface area contributed by atoms with Crippen molar-refractivity contribution in [3.63, 3.8) is 0 Å². The summed E-state index contributed by atoms with van der Waals surface area (Å²) in [5.74, 6) is 0.00501. The zero-order valence-corrected chi connectivity index (χ0v) is 11.0. The molecule has 5 N–H and O–H groups in total. The van der Waals surface area contributed by atoms with E-state index < -0.39 is 5.91 Å². The van der Waals surface area contributed by atoms with E-state index in [2.05, 4.69) is 15.5 Å². The van der Waals surface area contributed by atoms with Crippen LogP contribution in [-0.4, -0.2) is 22.6 Å². The molecule has 2 aromatic rings. The van der Waals surface area contributed by atoms with Gasteiger partial charge in [-0.3, -0.25) is 4.79 Å². The van der Waals surface area contributed by atoms with E-state index in [0.717, 1.165) is 12.0 Å². The first-order chi connectivity index (χ1) is 9.66. The molecule has 0 bridgehead atoms. The first-order valence-electron chi connectivity index (χ1n) is 6.35. The molecule has 0 spiro atoms. The Bertz CT molecular complexity index is 556. The lowest BCUT2D eigenvalue weighted by Gasteiger charge is -2.12. The summed E-state index contributed by atoms with van der Waals surface area (Å²) in [7, 11) is 0. The van der Waals surface area contributed by atoms with Crippen LogP contribution in [0.25, 0.3) is 0 Å². The van der Waals surface area contributed by atoms with Gasteiger partial charge in [0.25, 0.3) is 5.91 Å². The molecular formula is C14H17N5O. The van der Waals surface area contributed by atoms with Crippen molar-refractivity contribution in [1.29, 1.82) is 0 Å². The number of aromatic nitrogens is 2. The third kappa shape index (κ3) is 3.76. The van der Waals surface area contributed by atoms with Gasteiger partial charge in [0, 0.05) is 12.6 Å². The minimum Gasteiger partial charge on any atom is -0.369 e. The van der Waals surface area contributed by atoms with Crippen LogP contribution in [0.4, 0.5) is 5.82 Å². The van der Waals surface area contributed by atoms with Crippen molar-refractivity contribution in [3.8, 4) is 0 Å². The monoisotopic (exact) mass is 271 g/mol. The largest absolute Gasteiger partial charge is 0.369 e. The quantitative estimate of drug-likeness (QED) is 0.728. The maximum absolute atomic E-state index is 10.9. The molecule has 0 saturated heterocycles. The van der Waals surface area contributed by atoms with Gasteiger partial charge in [-0.05, 0) is 24.1 Å². The molecule has 1 atom stereocenters. The number of primary amides is 1. The molecule has 20 heavy (non-hydrogen) atoms. The van der Waals surface area contributed by atoms with Crippen molar-refractivity contribution in [1.82, 2.24) is 10.2 Å². The molecule has 1 unspecified atom stereocenters. The maximum Gasteiger partial charge on any atom is 0.269 e. The van der Waals surface area contributed by atoms with Crippen LogP contribution in [0.2, 0.25) is 0 Å². The normalized spacial score (nSPS) is 11.8. The van der Waals surface area contributed by atoms with Crippen LogP contribution in [0, 0.1) is 0 Å². The van der Waals surface area contributed by atoms with Crippen LogP contribution in [0.5, 0.6) is 0 Å². The van der Waals surface area contributed by atoms with E-state index in [9.17, 15) is 4.79 Å². The lowest BCUT2D eigenvalue weighted by atomic mass is 10.1. The van der Waals surface area contributed by atoms with Crippen LogP contribution in [0.1, 0.15) is 28.5 Å². The third-order valence-electron chi connectivity index (χ3n) is 2.91. The third-order valence-corrected chi connectivity index (χ3v) is 2.91. The van der Waals surface area contributed by atoms with Gasteiger partial charge in [-0.15, -0.1) is 10.2 Å². The van der Waals surface area contributed by atoms with Crippen molar-refractivity contribution in [2.24, 2.45) is 11.5 Å². The second kappa shape index (κ2) is 6.63. The minimum absolute atomic E-state index is 0.0263. The Morgan fingerprint density at radius 1 is 1.15 bits per heavy atom. The van der Waals surface area contributed by atoms with Gasteiger partial charge in [0.15, 0.2) is 5.69 Å². The number of anilines is 1. The van der Waals surface area contributed by atoms with Gasteiger partial charge in [0.05, 0.1) is 0 Å². The van der Waals surface area contributed by atoms with E-state index in [-0.39, 0.29) is 11.7 Å². The fourth-order valence-corrected chi connectivity index (χ4v) is 1.78. The molecule has 1 aromatic carbocycles. The van der Waals surface area contributed by atoms with E-state index in [4.69, 9.17) is 11.5 Å². The van der Waals surface area contributed by atoms with Crippen molar-refractivity contribution in [3.05, 3.63) is 53.7 Å². The van der Waals surface area contributed by atoms with Gasteiger partial charge < -0.3 is 16.8 Å². The molecule has 6 heteroatoms. The summed E-state index contributed by atoms with van der Waals surface area (Å²) in [4.78, 5) is 10.9. The van der Waals surface area contributed by atoms with Gasteiger partial charge in [0.2, 0.25) is 0 Å². The Labute approximate surface area is 117 Å². The number of nitrogens with zero attached hydrogens (tertiary/aromatic N) is 2. The summed E-state index contributed by atoms with van der Waals surface area (Å²) in [6, 6.07) is 13.1. The molecule has 1 aromatic heterocycles. The smallest absolute Gasteiger partial charge is 0.269 e. The van der Waals surface area contributed by atoms with Crippen LogP contribution in [0.15, 0.2) is 42.5 Å². The Hall–Kier alpha value is -2.47. The highest BCUT2D eigenvalue weighted by Crippen LogP contribution is 2.13.